The summed E-state index contributed by atoms with van der Waals surface area (Å²) in [5.41, 5.74) is 2.88. The zero-order chi connectivity index (χ0) is 20.1. The van der Waals surface area contributed by atoms with E-state index in [4.69, 9.17) is 0 Å². The fraction of sp³-hybridized carbons (Fsp3) is 0.0909. The lowest BCUT2D eigenvalue weighted by molar-refractivity contribution is 0.492. The Labute approximate surface area is 188 Å². The molecule has 0 aromatic heterocycles. The first kappa shape index (κ1) is 21.1. The zero-order valence-corrected chi connectivity index (χ0v) is 19.8. The normalized spacial score (nSPS) is 12.4. The zero-order valence-electron chi connectivity index (χ0n) is 15.2. The summed E-state index contributed by atoms with van der Waals surface area (Å²) < 4.78 is 29.7. The monoisotopic (exact) mass is 567 g/mol. The lowest BCUT2D eigenvalue weighted by Gasteiger charge is -2.25. The summed E-state index contributed by atoms with van der Waals surface area (Å²) in [7, 11) is -3.74. The van der Waals surface area contributed by atoms with Gasteiger partial charge >= 0.3 is 0 Å². The summed E-state index contributed by atoms with van der Waals surface area (Å²) in [6.45, 7) is 2.17. The fourth-order valence-corrected chi connectivity index (χ4v) is 5.76. The van der Waals surface area contributed by atoms with Crippen LogP contribution in [-0.2, 0) is 16.6 Å². The van der Waals surface area contributed by atoms with Gasteiger partial charge in [-0.25, -0.2) is 8.42 Å². The molecule has 144 valence electrons. The molecule has 0 spiro atoms. The first-order valence-corrected chi connectivity index (χ1v) is 11.9. The Kier molecular flexibility index (Phi) is 6.95. The first-order chi connectivity index (χ1) is 13.4. The number of halogens is 2. The minimum Gasteiger partial charge on any atom is -0.254 e. The van der Waals surface area contributed by atoms with Gasteiger partial charge in [0, 0.05) is 0 Å². The Morgan fingerprint density at radius 3 is 2.00 bits per heavy atom. The molecule has 3 nitrogen and oxygen atoms in total. The van der Waals surface area contributed by atoms with E-state index in [-0.39, 0.29) is 11.4 Å². The third-order valence-corrected chi connectivity index (χ3v) is 8.90. The van der Waals surface area contributed by atoms with Gasteiger partial charge in [0.25, 0.3) is 10.0 Å². The number of hydrogen-bond acceptors (Lipinski definition) is 2. The van der Waals surface area contributed by atoms with Gasteiger partial charge in [-0.2, -0.15) is 0 Å². The molecular formula is C22H19BrINO2S. The number of rotatable bonds is 6. The summed E-state index contributed by atoms with van der Waals surface area (Å²) >= 11 is 5.75. The van der Waals surface area contributed by atoms with Crippen molar-refractivity contribution in [3.8, 4) is 0 Å². The molecule has 6 heteroatoms. The molecule has 0 amide bonds. The van der Waals surface area contributed by atoms with Crippen LogP contribution in [0.1, 0.15) is 16.7 Å². The smallest absolute Gasteiger partial charge is 0.254 e. The van der Waals surface area contributed by atoms with E-state index in [1.165, 1.54) is 4.31 Å². The van der Waals surface area contributed by atoms with E-state index in [0.717, 1.165) is 20.3 Å². The number of nitrogens with zero attached hydrogens (tertiary/aromatic N) is 1. The van der Waals surface area contributed by atoms with Gasteiger partial charge in [-0.1, -0.05) is 78.4 Å². The summed E-state index contributed by atoms with van der Waals surface area (Å²) in [5.74, 6) is 0. The van der Waals surface area contributed by atoms with Gasteiger partial charge in [0.15, 0.2) is 0 Å². The highest BCUT2D eigenvalue weighted by atomic mass is 127. The lowest BCUT2D eigenvalue weighted by atomic mass is 10.2. The molecule has 0 atom stereocenters. The molecule has 0 heterocycles. The van der Waals surface area contributed by atoms with Gasteiger partial charge in [0.1, 0.15) is 4.61 Å². The van der Waals surface area contributed by atoms with Crippen molar-refractivity contribution < 1.29 is 8.42 Å². The van der Waals surface area contributed by atoms with Crippen molar-refractivity contribution in [3.05, 3.63) is 106 Å². The Morgan fingerprint density at radius 1 is 0.893 bits per heavy atom. The predicted molar refractivity (Wildman–Crippen MR) is 127 cm³/mol. The highest BCUT2D eigenvalue weighted by molar-refractivity contribution is 14.1. The van der Waals surface area contributed by atoms with Gasteiger partial charge in [0.2, 0.25) is 0 Å². The summed E-state index contributed by atoms with van der Waals surface area (Å²) in [6, 6.07) is 26.2. The second kappa shape index (κ2) is 9.24. The molecule has 0 aliphatic carbocycles. The maximum absolute atomic E-state index is 13.5. The van der Waals surface area contributed by atoms with Crippen LogP contribution in [0.2, 0.25) is 0 Å². The van der Waals surface area contributed by atoms with Gasteiger partial charge < -0.3 is 0 Å². The quantitative estimate of drug-likeness (QED) is 0.257. The van der Waals surface area contributed by atoms with Gasteiger partial charge in [0.05, 0.1) is 15.0 Å². The average Bonchev–Trinajstić information content (AvgIpc) is 2.72. The Balaban J connectivity index is 2.10. The van der Waals surface area contributed by atoms with Crippen LogP contribution in [0.25, 0.3) is 3.58 Å². The van der Waals surface area contributed by atoms with Crippen LogP contribution in [0, 0.1) is 6.92 Å². The molecule has 0 bridgehead atoms. The Hall–Kier alpha value is -1.64. The molecule has 0 saturated carbocycles. The second-order valence-electron chi connectivity index (χ2n) is 6.28. The third kappa shape index (κ3) is 4.85. The minimum atomic E-state index is -3.74. The molecule has 0 aliphatic rings. The van der Waals surface area contributed by atoms with Crippen LogP contribution in [0.4, 0.5) is 0 Å². The number of aryl methyl sites for hydroxylation is 1. The van der Waals surface area contributed by atoms with E-state index in [2.05, 4.69) is 38.5 Å². The van der Waals surface area contributed by atoms with E-state index in [1.807, 2.05) is 79.7 Å². The van der Waals surface area contributed by atoms with E-state index < -0.39 is 10.0 Å². The van der Waals surface area contributed by atoms with Crippen LogP contribution in [0.5, 0.6) is 0 Å². The topological polar surface area (TPSA) is 37.4 Å². The molecule has 3 aromatic rings. The van der Waals surface area contributed by atoms with Gasteiger partial charge in [-0.05, 0) is 68.7 Å². The van der Waals surface area contributed by atoms with Gasteiger partial charge in [-0.15, -0.1) is 0 Å². The maximum atomic E-state index is 13.5. The number of benzene rings is 3. The molecule has 0 N–H and O–H groups in total. The van der Waals surface area contributed by atoms with E-state index >= 15 is 0 Å². The molecular weight excluding hydrogens is 549 g/mol. The van der Waals surface area contributed by atoms with Crippen molar-refractivity contribution in [1.29, 1.82) is 0 Å². The van der Waals surface area contributed by atoms with E-state index in [9.17, 15) is 8.42 Å². The molecule has 0 saturated heterocycles. The fourth-order valence-electron chi connectivity index (χ4n) is 2.66. The summed E-state index contributed by atoms with van der Waals surface area (Å²) in [6.07, 6.45) is 0. The van der Waals surface area contributed by atoms with Gasteiger partial charge in [-0.3, -0.25) is 4.31 Å². The predicted octanol–water partition coefficient (Wildman–Crippen LogP) is 6.34. The minimum absolute atomic E-state index is 0.233. The highest BCUT2D eigenvalue weighted by Crippen LogP contribution is 2.35. The average molecular weight is 568 g/mol. The van der Waals surface area contributed by atoms with Crippen molar-refractivity contribution in [3.63, 3.8) is 0 Å². The molecule has 0 aliphatic heterocycles. The van der Waals surface area contributed by atoms with Crippen molar-refractivity contribution in [2.45, 2.75) is 18.4 Å². The first-order valence-electron chi connectivity index (χ1n) is 8.63. The summed E-state index contributed by atoms with van der Waals surface area (Å²) in [5, 5.41) is 0. The van der Waals surface area contributed by atoms with Crippen LogP contribution in [0.15, 0.2) is 94.4 Å². The van der Waals surface area contributed by atoms with E-state index in [1.54, 1.807) is 12.1 Å². The standard InChI is InChI=1S/C22H19BrINO2S/c1-17-12-14-20(15-13-17)28(26,27)25(16-18-8-4-2-5-9-18)22(23)21(24)19-10-6-3-7-11-19/h2-15H,16H2,1H3/b22-21-. The lowest BCUT2D eigenvalue weighted by Crippen LogP contribution is -2.28. The van der Waals surface area contributed by atoms with Crippen molar-refractivity contribution in [2.75, 3.05) is 0 Å². The van der Waals surface area contributed by atoms with Crippen molar-refractivity contribution >= 4 is 52.1 Å². The van der Waals surface area contributed by atoms with Crippen molar-refractivity contribution in [2.24, 2.45) is 0 Å². The molecule has 3 rings (SSSR count). The maximum Gasteiger partial charge on any atom is 0.265 e. The van der Waals surface area contributed by atoms with Crippen LogP contribution in [0.3, 0.4) is 0 Å². The number of sulfonamides is 1. The molecule has 3 aromatic carbocycles. The molecule has 0 unspecified atom stereocenters. The highest BCUT2D eigenvalue weighted by Gasteiger charge is 2.27. The number of hydrogen-bond donors (Lipinski definition) is 0. The van der Waals surface area contributed by atoms with Crippen LogP contribution < -0.4 is 0 Å². The van der Waals surface area contributed by atoms with Crippen LogP contribution >= 0.6 is 38.5 Å². The summed E-state index contributed by atoms with van der Waals surface area (Å²) in [4.78, 5) is 0.267. The van der Waals surface area contributed by atoms with Crippen molar-refractivity contribution in [1.82, 2.24) is 4.31 Å². The Morgan fingerprint density at radius 2 is 1.43 bits per heavy atom. The van der Waals surface area contributed by atoms with E-state index in [0.29, 0.717) is 4.61 Å². The SMILES string of the molecule is Cc1ccc(S(=O)(=O)N(Cc2ccccc2)/C(Br)=C(\I)c2ccccc2)cc1. The second-order valence-corrected chi connectivity index (χ2v) is 9.97. The molecule has 0 fully saturated rings. The largest absolute Gasteiger partial charge is 0.265 e. The molecule has 28 heavy (non-hydrogen) atoms. The Bertz CT molecular complexity index is 1070. The third-order valence-electron chi connectivity index (χ3n) is 4.21. The molecule has 0 radical (unpaired) electrons. The van der Waals surface area contributed by atoms with Crippen LogP contribution in [-0.4, -0.2) is 12.7 Å².